The fraction of sp³-hybridized carbons (Fsp3) is 0.0179. The van der Waals surface area contributed by atoms with E-state index in [9.17, 15) is 0 Å². The average Bonchev–Trinajstić information content (AvgIpc) is 3.66. The van der Waals surface area contributed by atoms with Crippen LogP contribution in [0, 0.1) is 0 Å². The molecular formula is C56H40N2Si. The molecule has 1 heterocycles. The highest BCUT2D eigenvalue weighted by Gasteiger charge is 2.44. The summed E-state index contributed by atoms with van der Waals surface area (Å²) in [5, 5.41) is 13.1. The molecule has 0 aliphatic rings. The van der Waals surface area contributed by atoms with Gasteiger partial charge in [0.05, 0.1) is 11.0 Å². The van der Waals surface area contributed by atoms with E-state index in [2.05, 4.69) is 236 Å². The largest absolute Gasteiger partial charge is 0.327 e. The lowest BCUT2D eigenvalue weighted by atomic mass is 9.87. The van der Waals surface area contributed by atoms with Gasteiger partial charge in [0.25, 0.3) is 0 Å². The van der Waals surface area contributed by atoms with Crippen LogP contribution in [-0.4, -0.2) is 17.6 Å². The zero-order valence-electron chi connectivity index (χ0n) is 32.8. The molecule has 3 heteroatoms. The zero-order chi connectivity index (χ0) is 39.3. The van der Waals surface area contributed by atoms with Crippen LogP contribution in [0.2, 0.25) is 0 Å². The molecule has 0 saturated carbocycles. The first-order valence-electron chi connectivity index (χ1n) is 20.4. The normalized spacial score (nSPS) is 11.8. The maximum Gasteiger partial charge on any atom is 0.180 e. The van der Waals surface area contributed by atoms with E-state index in [1.54, 1.807) is 0 Å². The van der Waals surface area contributed by atoms with E-state index >= 15 is 0 Å². The minimum absolute atomic E-state index is 0.966. The van der Waals surface area contributed by atoms with E-state index in [1.807, 2.05) is 0 Å². The number of hydrogen-bond acceptors (Lipinski definition) is 1. The molecule has 0 bridgehead atoms. The van der Waals surface area contributed by atoms with Crippen LogP contribution >= 0.6 is 0 Å². The smallest absolute Gasteiger partial charge is 0.180 e. The highest BCUT2D eigenvalue weighted by molar-refractivity contribution is 7.21. The van der Waals surface area contributed by atoms with Gasteiger partial charge in [0.2, 0.25) is 0 Å². The standard InChI is InChI=1S/C56H40N2Si/c1-58-54-49(35-20-36-52(54)57-56(58)39-21-6-2-7-22-39)45-37-38-48(44-30-15-14-29-43(44)45)53-46-31-16-18-33-50(46)55(51-34-19-17-32-47(51)53)59(40-23-8-3-9-24-40,41-25-10-4-11-26-41)42-27-12-5-13-28-42/h2-38H,1H3. The van der Waals surface area contributed by atoms with Crippen LogP contribution in [0.15, 0.2) is 224 Å². The lowest BCUT2D eigenvalue weighted by Crippen LogP contribution is -2.75. The molecule has 0 atom stereocenters. The van der Waals surface area contributed by atoms with Crippen molar-refractivity contribution in [3.8, 4) is 33.6 Å². The van der Waals surface area contributed by atoms with Crippen LogP contribution in [0.3, 0.4) is 0 Å². The number of aromatic nitrogens is 2. The van der Waals surface area contributed by atoms with Gasteiger partial charge in [0.15, 0.2) is 8.07 Å². The SMILES string of the molecule is Cn1c(-c2ccccc2)nc2cccc(-c3ccc(-c4c5ccccc5c([Si](c5ccccc5)(c5ccccc5)c5ccccc5)c5ccccc45)c4ccccc34)c21. The third-order valence-corrected chi connectivity index (χ3v) is 17.2. The Bertz CT molecular complexity index is 3170. The van der Waals surface area contributed by atoms with Gasteiger partial charge < -0.3 is 4.57 Å². The van der Waals surface area contributed by atoms with E-state index in [-0.39, 0.29) is 0 Å². The van der Waals surface area contributed by atoms with Crippen LogP contribution in [0.5, 0.6) is 0 Å². The summed E-state index contributed by atoms with van der Waals surface area (Å²) in [4.78, 5) is 5.14. The summed E-state index contributed by atoms with van der Waals surface area (Å²) in [5.41, 5.74) is 8.12. The first-order valence-corrected chi connectivity index (χ1v) is 22.4. The summed E-state index contributed by atoms with van der Waals surface area (Å²) in [6, 6.07) is 82.9. The Morgan fingerprint density at radius 1 is 0.356 bits per heavy atom. The van der Waals surface area contributed by atoms with E-state index in [1.165, 1.54) is 75.3 Å². The predicted octanol–water partition coefficient (Wildman–Crippen LogP) is 11.4. The molecule has 11 rings (SSSR count). The Morgan fingerprint density at radius 3 is 1.31 bits per heavy atom. The van der Waals surface area contributed by atoms with Crippen molar-refractivity contribution < 1.29 is 0 Å². The minimum atomic E-state index is -2.92. The summed E-state index contributed by atoms with van der Waals surface area (Å²) in [5.74, 6) is 0.966. The molecule has 2 nitrogen and oxygen atoms in total. The number of nitrogens with zero attached hydrogens (tertiary/aromatic N) is 2. The molecule has 0 saturated heterocycles. The monoisotopic (exact) mass is 768 g/mol. The number of hydrogen-bond donors (Lipinski definition) is 0. The number of para-hydroxylation sites is 1. The van der Waals surface area contributed by atoms with Gasteiger partial charge in [-0.1, -0.05) is 218 Å². The van der Waals surface area contributed by atoms with Crippen LogP contribution < -0.4 is 20.7 Å². The molecule has 0 aliphatic carbocycles. The van der Waals surface area contributed by atoms with Crippen molar-refractivity contribution >= 4 is 72.2 Å². The summed E-state index contributed by atoms with van der Waals surface area (Å²) in [7, 11) is -0.782. The van der Waals surface area contributed by atoms with Gasteiger partial charge in [0.1, 0.15) is 5.82 Å². The van der Waals surface area contributed by atoms with E-state index in [0.717, 1.165) is 22.4 Å². The van der Waals surface area contributed by atoms with Crippen molar-refractivity contribution in [2.75, 3.05) is 0 Å². The second kappa shape index (κ2) is 14.2. The van der Waals surface area contributed by atoms with E-state index < -0.39 is 8.07 Å². The van der Waals surface area contributed by atoms with Gasteiger partial charge in [-0.05, 0) is 75.8 Å². The zero-order valence-corrected chi connectivity index (χ0v) is 33.8. The second-order valence-corrected chi connectivity index (χ2v) is 19.2. The molecule has 1 aromatic heterocycles. The second-order valence-electron chi connectivity index (χ2n) is 15.4. The van der Waals surface area contributed by atoms with Crippen molar-refractivity contribution in [2.45, 2.75) is 0 Å². The van der Waals surface area contributed by atoms with Crippen molar-refractivity contribution in [2.24, 2.45) is 7.05 Å². The van der Waals surface area contributed by atoms with Gasteiger partial charge in [-0.15, -0.1) is 0 Å². The van der Waals surface area contributed by atoms with Crippen molar-refractivity contribution in [3.63, 3.8) is 0 Å². The van der Waals surface area contributed by atoms with Crippen LogP contribution in [-0.2, 0) is 7.05 Å². The van der Waals surface area contributed by atoms with Crippen molar-refractivity contribution in [1.29, 1.82) is 0 Å². The lowest BCUT2D eigenvalue weighted by molar-refractivity contribution is 0.960. The average molecular weight is 769 g/mol. The fourth-order valence-electron chi connectivity index (χ4n) is 9.90. The molecule has 0 N–H and O–H groups in total. The molecule has 0 aliphatic heterocycles. The number of rotatable bonds is 7. The van der Waals surface area contributed by atoms with Crippen molar-refractivity contribution in [3.05, 3.63) is 224 Å². The summed E-state index contributed by atoms with van der Waals surface area (Å²) in [6.07, 6.45) is 0. The van der Waals surface area contributed by atoms with Crippen LogP contribution in [0.4, 0.5) is 0 Å². The topological polar surface area (TPSA) is 17.8 Å². The van der Waals surface area contributed by atoms with Gasteiger partial charge >= 0.3 is 0 Å². The van der Waals surface area contributed by atoms with Crippen molar-refractivity contribution in [1.82, 2.24) is 9.55 Å². The van der Waals surface area contributed by atoms with Gasteiger partial charge in [0, 0.05) is 18.2 Å². The Kier molecular flexibility index (Phi) is 8.42. The maximum atomic E-state index is 5.14. The molecule has 0 fully saturated rings. The number of aryl methyl sites for hydroxylation is 1. The third-order valence-electron chi connectivity index (χ3n) is 12.3. The molecule has 0 radical (unpaired) electrons. The van der Waals surface area contributed by atoms with Crippen LogP contribution in [0.1, 0.15) is 0 Å². The Hall–Kier alpha value is -7.33. The van der Waals surface area contributed by atoms with Crippen LogP contribution in [0.25, 0.3) is 77.0 Å². The molecule has 11 aromatic rings. The number of benzene rings is 10. The maximum absolute atomic E-state index is 5.14. The first kappa shape index (κ1) is 34.9. The Labute approximate surface area is 345 Å². The Morgan fingerprint density at radius 2 is 0.780 bits per heavy atom. The summed E-state index contributed by atoms with van der Waals surface area (Å²) in [6.45, 7) is 0. The molecule has 10 aromatic carbocycles. The molecule has 0 amide bonds. The highest BCUT2D eigenvalue weighted by Crippen LogP contribution is 2.43. The van der Waals surface area contributed by atoms with Gasteiger partial charge in [-0.3, -0.25) is 0 Å². The highest BCUT2D eigenvalue weighted by atomic mass is 28.3. The van der Waals surface area contributed by atoms with Gasteiger partial charge in [-0.25, -0.2) is 4.98 Å². The van der Waals surface area contributed by atoms with E-state index in [0.29, 0.717) is 0 Å². The molecule has 0 spiro atoms. The Balaban J connectivity index is 1.23. The van der Waals surface area contributed by atoms with E-state index in [4.69, 9.17) is 4.98 Å². The number of imidazole rings is 1. The molecular weight excluding hydrogens is 729 g/mol. The minimum Gasteiger partial charge on any atom is -0.327 e. The quantitative estimate of drug-likeness (QED) is 0.0897. The first-order chi connectivity index (χ1) is 29.2. The number of fused-ring (bicyclic) bond motifs is 4. The summed E-state index contributed by atoms with van der Waals surface area (Å²) < 4.78 is 2.25. The molecule has 278 valence electrons. The lowest BCUT2D eigenvalue weighted by Gasteiger charge is -2.37. The summed E-state index contributed by atoms with van der Waals surface area (Å²) >= 11 is 0. The molecule has 0 unspecified atom stereocenters. The predicted molar refractivity (Wildman–Crippen MR) is 253 cm³/mol. The fourth-order valence-corrected chi connectivity index (χ4v) is 15.1. The molecule has 59 heavy (non-hydrogen) atoms. The van der Waals surface area contributed by atoms with Gasteiger partial charge in [-0.2, -0.15) is 0 Å². The third kappa shape index (κ3) is 5.43.